The molecule has 19 heavy (non-hydrogen) atoms. The molecule has 2 fully saturated rings. The van der Waals surface area contributed by atoms with Crippen LogP contribution in [0.3, 0.4) is 0 Å². The molecule has 2 saturated carbocycles. The van der Waals surface area contributed by atoms with Crippen LogP contribution < -0.4 is 11.1 Å². The largest absolute Gasteiger partial charge is 0.329 e. The van der Waals surface area contributed by atoms with Crippen LogP contribution in [-0.4, -0.2) is 12.6 Å². The Hall–Kier alpha value is -0.860. The Morgan fingerprint density at radius 3 is 2.63 bits per heavy atom. The molecule has 2 aliphatic rings. The Balaban J connectivity index is 1.74. The standard InChI is InChI=1S/C17H26N2/c1-12-6-9-14(10-12)19-17(11-18)16-5-3-2-4-15(16)13-7-8-13/h2-5,12-14,17,19H,6-11,18H2,1H3. The molecular weight excluding hydrogens is 232 g/mol. The first-order valence-electron chi connectivity index (χ1n) is 7.83. The molecule has 0 spiro atoms. The van der Waals surface area contributed by atoms with Crippen molar-refractivity contribution < 1.29 is 0 Å². The van der Waals surface area contributed by atoms with Gasteiger partial charge >= 0.3 is 0 Å². The van der Waals surface area contributed by atoms with Crippen molar-refractivity contribution in [3.63, 3.8) is 0 Å². The lowest BCUT2D eigenvalue weighted by molar-refractivity contribution is 0.432. The molecule has 0 saturated heterocycles. The molecule has 3 N–H and O–H groups in total. The van der Waals surface area contributed by atoms with Gasteiger partial charge in [0.15, 0.2) is 0 Å². The van der Waals surface area contributed by atoms with E-state index in [0.717, 1.165) is 11.8 Å². The quantitative estimate of drug-likeness (QED) is 0.850. The van der Waals surface area contributed by atoms with Gasteiger partial charge in [-0.05, 0) is 55.1 Å². The molecule has 104 valence electrons. The van der Waals surface area contributed by atoms with Crippen molar-refractivity contribution in [2.24, 2.45) is 11.7 Å². The van der Waals surface area contributed by atoms with Crippen LogP contribution >= 0.6 is 0 Å². The second-order valence-electron chi connectivity index (χ2n) is 6.47. The summed E-state index contributed by atoms with van der Waals surface area (Å²) in [6, 6.07) is 9.90. The number of rotatable bonds is 5. The van der Waals surface area contributed by atoms with E-state index in [9.17, 15) is 0 Å². The topological polar surface area (TPSA) is 38.0 Å². The van der Waals surface area contributed by atoms with E-state index in [-0.39, 0.29) is 0 Å². The van der Waals surface area contributed by atoms with Crippen LogP contribution in [0.25, 0.3) is 0 Å². The molecule has 0 aliphatic heterocycles. The number of benzene rings is 1. The number of nitrogens with one attached hydrogen (secondary N) is 1. The summed E-state index contributed by atoms with van der Waals surface area (Å²) in [6.45, 7) is 3.06. The second-order valence-corrected chi connectivity index (χ2v) is 6.47. The first-order valence-corrected chi connectivity index (χ1v) is 7.83. The Kier molecular flexibility index (Phi) is 3.90. The van der Waals surface area contributed by atoms with E-state index in [0.29, 0.717) is 18.6 Å². The number of nitrogens with two attached hydrogens (primary N) is 1. The third-order valence-electron chi connectivity index (χ3n) is 4.76. The molecular formula is C17H26N2. The maximum atomic E-state index is 6.04. The van der Waals surface area contributed by atoms with Crippen molar-refractivity contribution in [1.82, 2.24) is 5.32 Å². The van der Waals surface area contributed by atoms with Gasteiger partial charge in [0, 0.05) is 18.6 Å². The fraction of sp³-hybridized carbons (Fsp3) is 0.647. The van der Waals surface area contributed by atoms with E-state index in [2.05, 4.69) is 36.5 Å². The zero-order chi connectivity index (χ0) is 13.2. The molecule has 2 nitrogen and oxygen atoms in total. The smallest absolute Gasteiger partial charge is 0.0449 e. The maximum Gasteiger partial charge on any atom is 0.0449 e. The van der Waals surface area contributed by atoms with Crippen LogP contribution in [0.5, 0.6) is 0 Å². The highest BCUT2D eigenvalue weighted by Gasteiger charge is 2.29. The lowest BCUT2D eigenvalue weighted by Gasteiger charge is -2.24. The van der Waals surface area contributed by atoms with E-state index in [1.165, 1.54) is 43.2 Å². The first kappa shape index (κ1) is 13.1. The highest BCUT2D eigenvalue weighted by Crippen LogP contribution is 2.43. The van der Waals surface area contributed by atoms with Gasteiger partial charge in [0.25, 0.3) is 0 Å². The first-order chi connectivity index (χ1) is 9.28. The molecule has 1 aromatic carbocycles. The summed E-state index contributed by atoms with van der Waals surface area (Å²) in [5, 5.41) is 3.81. The van der Waals surface area contributed by atoms with Gasteiger partial charge in [-0.25, -0.2) is 0 Å². The molecule has 1 aromatic rings. The maximum absolute atomic E-state index is 6.04. The highest BCUT2D eigenvalue weighted by molar-refractivity contribution is 5.35. The fourth-order valence-corrected chi connectivity index (χ4v) is 3.52. The minimum Gasteiger partial charge on any atom is -0.329 e. The van der Waals surface area contributed by atoms with E-state index in [1.807, 2.05) is 0 Å². The lowest BCUT2D eigenvalue weighted by Crippen LogP contribution is -2.35. The average Bonchev–Trinajstić information content (AvgIpc) is 3.20. The fourth-order valence-electron chi connectivity index (χ4n) is 3.52. The summed E-state index contributed by atoms with van der Waals surface area (Å²) in [4.78, 5) is 0. The molecule has 3 atom stereocenters. The Morgan fingerprint density at radius 2 is 2.00 bits per heavy atom. The van der Waals surface area contributed by atoms with Gasteiger partial charge in [-0.15, -0.1) is 0 Å². The van der Waals surface area contributed by atoms with E-state index in [1.54, 1.807) is 0 Å². The molecule has 2 heteroatoms. The summed E-state index contributed by atoms with van der Waals surface area (Å²) in [7, 11) is 0. The van der Waals surface area contributed by atoms with Crippen LogP contribution in [0.2, 0.25) is 0 Å². The van der Waals surface area contributed by atoms with Gasteiger partial charge in [0.1, 0.15) is 0 Å². The van der Waals surface area contributed by atoms with Gasteiger partial charge in [-0.2, -0.15) is 0 Å². The molecule has 2 aliphatic carbocycles. The lowest BCUT2D eigenvalue weighted by atomic mass is 9.96. The van der Waals surface area contributed by atoms with Gasteiger partial charge in [-0.3, -0.25) is 0 Å². The summed E-state index contributed by atoms with van der Waals surface area (Å²) < 4.78 is 0. The van der Waals surface area contributed by atoms with Gasteiger partial charge in [0.05, 0.1) is 0 Å². The van der Waals surface area contributed by atoms with Crippen LogP contribution in [0, 0.1) is 5.92 Å². The number of hydrogen-bond donors (Lipinski definition) is 2. The second kappa shape index (κ2) is 5.64. The third kappa shape index (κ3) is 3.01. The molecule has 0 heterocycles. The molecule has 3 rings (SSSR count). The van der Waals surface area contributed by atoms with E-state index >= 15 is 0 Å². The number of hydrogen-bond acceptors (Lipinski definition) is 2. The van der Waals surface area contributed by atoms with Crippen LogP contribution in [0.4, 0.5) is 0 Å². The zero-order valence-electron chi connectivity index (χ0n) is 11.9. The highest BCUT2D eigenvalue weighted by atomic mass is 15.0. The van der Waals surface area contributed by atoms with E-state index in [4.69, 9.17) is 5.73 Å². The minimum absolute atomic E-state index is 0.340. The van der Waals surface area contributed by atoms with Crippen LogP contribution in [0.1, 0.15) is 62.1 Å². The van der Waals surface area contributed by atoms with Crippen molar-refractivity contribution in [1.29, 1.82) is 0 Å². The average molecular weight is 258 g/mol. The summed E-state index contributed by atoms with van der Waals surface area (Å²) in [5.41, 5.74) is 9.03. The van der Waals surface area contributed by atoms with Crippen molar-refractivity contribution in [2.75, 3.05) is 6.54 Å². The van der Waals surface area contributed by atoms with Crippen LogP contribution in [-0.2, 0) is 0 Å². The summed E-state index contributed by atoms with van der Waals surface area (Å²) >= 11 is 0. The van der Waals surface area contributed by atoms with Crippen molar-refractivity contribution in [2.45, 2.75) is 57.0 Å². The molecule has 0 bridgehead atoms. The predicted molar refractivity (Wildman–Crippen MR) is 80.2 cm³/mol. The Morgan fingerprint density at radius 1 is 1.21 bits per heavy atom. The van der Waals surface area contributed by atoms with Gasteiger partial charge < -0.3 is 11.1 Å². The molecule has 0 radical (unpaired) electrons. The monoisotopic (exact) mass is 258 g/mol. The Labute approximate surface area is 116 Å². The van der Waals surface area contributed by atoms with Crippen LogP contribution in [0.15, 0.2) is 24.3 Å². The zero-order valence-corrected chi connectivity index (χ0v) is 11.9. The minimum atomic E-state index is 0.340. The van der Waals surface area contributed by atoms with E-state index < -0.39 is 0 Å². The predicted octanol–water partition coefficient (Wildman–Crippen LogP) is 3.34. The molecule has 0 aromatic heterocycles. The van der Waals surface area contributed by atoms with Gasteiger partial charge in [0.2, 0.25) is 0 Å². The van der Waals surface area contributed by atoms with Gasteiger partial charge in [-0.1, -0.05) is 31.2 Å². The summed E-state index contributed by atoms with van der Waals surface area (Å²) in [5.74, 6) is 1.67. The molecule has 0 amide bonds. The Bertz CT molecular complexity index is 425. The normalized spacial score (nSPS) is 28.5. The van der Waals surface area contributed by atoms with Crippen molar-refractivity contribution >= 4 is 0 Å². The SMILES string of the molecule is CC1CCC(NC(CN)c2ccccc2C2CC2)C1. The third-order valence-corrected chi connectivity index (χ3v) is 4.76. The summed E-state index contributed by atoms with van der Waals surface area (Å²) in [6.07, 6.45) is 6.69. The molecule has 3 unspecified atom stereocenters. The van der Waals surface area contributed by atoms with Crippen molar-refractivity contribution in [3.05, 3.63) is 35.4 Å². The van der Waals surface area contributed by atoms with Crippen molar-refractivity contribution in [3.8, 4) is 0 Å².